The highest BCUT2D eigenvalue weighted by Crippen LogP contribution is 2.56. The minimum Gasteiger partial charge on any atom is -0.493 e. The van der Waals surface area contributed by atoms with Gasteiger partial charge in [-0.05, 0) is 41.9 Å². The molecule has 0 spiro atoms. The zero-order chi connectivity index (χ0) is 29.7. The molecule has 1 amide bonds. The van der Waals surface area contributed by atoms with Crippen molar-refractivity contribution in [3.8, 4) is 17.2 Å². The van der Waals surface area contributed by atoms with Gasteiger partial charge < -0.3 is 14.2 Å². The van der Waals surface area contributed by atoms with Crippen molar-refractivity contribution >= 4 is 17.5 Å². The number of hydrazine groups is 1. The van der Waals surface area contributed by atoms with E-state index in [1.165, 1.54) is 14.2 Å². The summed E-state index contributed by atoms with van der Waals surface area (Å²) in [6.45, 7) is 8.18. The van der Waals surface area contributed by atoms with Crippen molar-refractivity contribution in [3.05, 3.63) is 70.3 Å². The van der Waals surface area contributed by atoms with E-state index in [0.717, 1.165) is 0 Å². The first-order valence-electron chi connectivity index (χ1n) is 13.7. The number of aromatic nitrogens is 1. The summed E-state index contributed by atoms with van der Waals surface area (Å²) in [6.07, 6.45) is 4.80. The number of ether oxygens (including phenoxy) is 3. The molecular formula is C32H37N3O6. The summed E-state index contributed by atoms with van der Waals surface area (Å²) in [7, 11) is 4.61. The third-order valence-electron chi connectivity index (χ3n) is 8.11. The highest BCUT2D eigenvalue weighted by molar-refractivity contribution is 6.07. The van der Waals surface area contributed by atoms with Gasteiger partial charge in [-0.1, -0.05) is 33.8 Å². The van der Waals surface area contributed by atoms with Crippen LogP contribution in [0.5, 0.6) is 17.2 Å². The lowest BCUT2D eigenvalue weighted by Crippen LogP contribution is -2.50. The Morgan fingerprint density at radius 3 is 1.83 bits per heavy atom. The van der Waals surface area contributed by atoms with Gasteiger partial charge in [0, 0.05) is 64.8 Å². The molecule has 2 aromatic rings. The summed E-state index contributed by atoms with van der Waals surface area (Å²) < 4.78 is 17.1. The van der Waals surface area contributed by atoms with E-state index >= 15 is 0 Å². The number of methoxy groups -OCH3 is 3. The molecule has 216 valence electrons. The van der Waals surface area contributed by atoms with Crippen LogP contribution in [0, 0.1) is 10.8 Å². The van der Waals surface area contributed by atoms with Crippen molar-refractivity contribution in [2.24, 2.45) is 10.8 Å². The third-order valence-corrected chi connectivity index (χ3v) is 8.11. The zero-order valence-corrected chi connectivity index (χ0v) is 24.7. The Labute approximate surface area is 240 Å². The van der Waals surface area contributed by atoms with E-state index in [9.17, 15) is 14.4 Å². The molecule has 5 rings (SSSR count). The first-order valence-corrected chi connectivity index (χ1v) is 13.7. The number of Topliss-reactive ketones (excluding diaryl/α,β-unsaturated/α-hetero) is 2. The smallest absolute Gasteiger partial charge is 0.270 e. The van der Waals surface area contributed by atoms with Gasteiger partial charge in [0.05, 0.1) is 21.3 Å². The van der Waals surface area contributed by atoms with Gasteiger partial charge in [-0.2, -0.15) is 0 Å². The average molecular weight is 560 g/mol. The van der Waals surface area contributed by atoms with E-state index in [1.807, 2.05) is 33.8 Å². The number of ketones is 2. The van der Waals surface area contributed by atoms with Gasteiger partial charge >= 0.3 is 0 Å². The molecule has 2 heterocycles. The summed E-state index contributed by atoms with van der Waals surface area (Å²) in [5, 5.41) is 1.73. The Kier molecular flexibility index (Phi) is 7.17. The van der Waals surface area contributed by atoms with Gasteiger partial charge in [0.1, 0.15) is 0 Å². The molecule has 1 aromatic carbocycles. The third kappa shape index (κ3) is 4.98. The molecule has 1 aliphatic heterocycles. The molecule has 1 N–H and O–H groups in total. The van der Waals surface area contributed by atoms with E-state index in [4.69, 9.17) is 14.2 Å². The molecule has 9 heteroatoms. The number of benzene rings is 1. The Hall–Kier alpha value is -4.14. The number of hydrogen-bond acceptors (Lipinski definition) is 8. The number of rotatable bonds is 6. The van der Waals surface area contributed by atoms with Crippen molar-refractivity contribution in [3.63, 3.8) is 0 Å². The van der Waals surface area contributed by atoms with Crippen LogP contribution in [0.2, 0.25) is 0 Å². The molecule has 0 atom stereocenters. The van der Waals surface area contributed by atoms with E-state index in [-0.39, 0.29) is 28.3 Å². The molecule has 3 aliphatic rings. The lowest BCUT2D eigenvalue weighted by atomic mass is 9.64. The molecular weight excluding hydrogens is 522 g/mol. The predicted molar refractivity (Wildman–Crippen MR) is 152 cm³/mol. The molecule has 0 fully saturated rings. The summed E-state index contributed by atoms with van der Waals surface area (Å²) >= 11 is 0. The van der Waals surface area contributed by atoms with Gasteiger partial charge in [-0.25, -0.2) is 0 Å². The molecule has 0 saturated heterocycles. The number of nitrogens with one attached hydrogen (secondary N) is 1. The number of carbonyl (C=O) groups is 3. The molecule has 0 bridgehead atoms. The van der Waals surface area contributed by atoms with Crippen LogP contribution < -0.4 is 19.6 Å². The van der Waals surface area contributed by atoms with Crippen molar-refractivity contribution in [2.45, 2.75) is 59.3 Å². The maximum Gasteiger partial charge on any atom is 0.270 e. The second kappa shape index (κ2) is 10.4. The molecule has 2 aliphatic carbocycles. The highest BCUT2D eigenvalue weighted by Gasteiger charge is 2.50. The van der Waals surface area contributed by atoms with Gasteiger partial charge in [0.2, 0.25) is 5.75 Å². The minimum absolute atomic E-state index is 0.0644. The Morgan fingerprint density at radius 1 is 0.805 bits per heavy atom. The number of amides is 1. The standard InChI is InChI=1S/C32H37N3O6/c1-31(2)14-20-26(22(36)16-31)25(19-8-9-24(39-5)29(41-7)28(19)40-6)27-21(15-32(3,4)17-23(27)37)35(20)34-30(38)18-10-12-33-13-11-18/h8-13,25H,14-17H2,1-7H3,(H,34,38). The topological polar surface area (TPSA) is 107 Å². The van der Waals surface area contributed by atoms with E-state index in [0.29, 0.717) is 76.6 Å². The summed E-state index contributed by atoms with van der Waals surface area (Å²) in [4.78, 5) is 45.7. The number of nitrogens with zero attached hydrogens (tertiary/aromatic N) is 2. The monoisotopic (exact) mass is 559 g/mol. The van der Waals surface area contributed by atoms with Crippen molar-refractivity contribution in [1.29, 1.82) is 0 Å². The van der Waals surface area contributed by atoms with Crippen molar-refractivity contribution in [2.75, 3.05) is 21.3 Å². The Morgan fingerprint density at radius 2 is 1.34 bits per heavy atom. The van der Waals surface area contributed by atoms with E-state index < -0.39 is 5.92 Å². The number of allylic oxidation sites excluding steroid dienone is 4. The van der Waals surface area contributed by atoms with E-state index in [2.05, 4.69) is 10.4 Å². The number of pyridine rings is 1. The fourth-order valence-electron chi connectivity index (χ4n) is 6.43. The quantitative estimate of drug-likeness (QED) is 0.519. The molecule has 0 unspecified atom stereocenters. The summed E-state index contributed by atoms with van der Waals surface area (Å²) in [5.41, 5.74) is 5.81. The second-order valence-electron chi connectivity index (χ2n) is 12.5. The first kappa shape index (κ1) is 28.4. The zero-order valence-electron chi connectivity index (χ0n) is 24.7. The predicted octanol–water partition coefficient (Wildman–Crippen LogP) is 5.14. The molecule has 0 radical (unpaired) electrons. The largest absolute Gasteiger partial charge is 0.493 e. The lowest BCUT2D eigenvalue weighted by molar-refractivity contribution is -0.119. The SMILES string of the molecule is COc1ccc(C2C3=C(CC(C)(C)CC3=O)N(NC(=O)c3ccncc3)C3=C2C(=O)CC(C)(C)C3)c(OC)c1OC. The van der Waals surface area contributed by atoms with Crippen molar-refractivity contribution in [1.82, 2.24) is 15.4 Å². The fraction of sp³-hybridized carbons (Fsp3) is 0.438. The van der Waals surface area contributed by atoms with E-state index in [1.54, 1.807) is 42.7 Å². The van der Waals surface area contributed by atoms with Crippen LogP contribution >= 0.6 is 0 Å². The van der Waals surface area contributed by atoms with Crippen LogP contribution in [-0.2, 0) is 9.59 Å². The van der Waals surface area contributed by atoms with Crippen molar-refractivity contribution < 1.29 is 28.6 Å². The van der Waals surface area contributed by atoms with Crippen LogP contribution in [0.25, 0.3) is 0 Å². The normalized spacial score (nSPS) is 19.9. The van der Waals surface area contributed by atoms with Crippen LogP contribution in [0.1, 0.15) is 75.2 Å². The van der Waals surface area contributed by atoms with Crippen LogP contribution in [0.15, 0.2) is 59.2 Å². The first-order chi connectivity index (χ1) is 19.4. The second-order valence-corrected chi connectivity index (χ2v) is 12.5. The molecule has 9 nitrogen and oxygen atoms in total. The van der Waals surface area contributed by atoms with Crippen LogP contribution in [0.3, 0.4) is 0 Å². The van der Waals surface area contributed by atoms with Crippen LogP contribution in [-0.4, -0.2) is 48.8 Å². The van der Waals surface area contributed by atoms with Gasteiger partial charge in [0.25, 0.3) is 5.91 Å². The summed E-state index contributed by atoms with van der Waals surface area (Å²) in [6, 6.07) is 6.87. The van der Waals surface area contributed by atoms with Crippen LogP contribution in [0.4, 0.5) is 0 Å². The average Bonchev–Trinajstić information content (AvgIpc) is 2.91. The minimum atomic E-state index is -0.684. The van der Waals surface area contributed by atoms with Gasteiger partial charge in [-0.3, -0.25) is 29.8 Å². The highest BCUT2D eigenvalue weighted by atomic mass is 16.5. The Bertz CT molecular complexity index is 1430. The Balaban J connectivity index is 1.79. The fourth-order valence-corrected chi connectivity index (χ4v) is 6.43. The number of hydrogen-bond donors (Lipinski definition) is 1. The summed E-state index contributed by atoms with van der Waals surface area (Å²) in [5.74, 6) is 0.107. The molecule has 1 aromatic heterocycles. The maximum absolute atomic E-state index is 14.1. The van der Waals surface area contributed by atoms with Gasteiger partial charge in [-0.15, -0.1) is 0 Å². The lowest BCUT2D eigenvalue weighted by Gasteiger charge is -2.48. The van der Waals surface area contributed by atoms with Gasteiger partial charge in [0.15, 0.2) is 23.1 Å². The molecule has 41 heavy (non-hydrogen) atoms. The maximum atomic E-state index is 14.1. The number of carbonyl (C=O) groups excluding carboxylic acids is 3. The molecule has 0 saturated carbocycles.